The molecule has 0 bridgehead atoms. The molecule has 0 aliphatic heterocycles. The number of rotatable bonds is 39. The van der Waals surface area contributed by atoms with Crippen LogP contribution < -0.4 is 5.73 Å². The number of ether oxygens (including phenoxy) is 2. The molecule has 3 N–H and O–H groups in total. The van der Waals surface area contributed by atoms with Crippen LogP contribution in [0.3, 0.4) is 0 Å². The quantitative estimate of drug-likeness (QED) is 0.0269. The molecule has 56 heavy (non-hydrogen) atoms. The Morgan fingerprint density at radius 2 is 0.982 bits per heavy atom. The molecule has 0 spiro atoms. The van der Waals surface area contributed by atoms with Crippen LogP contribution in [0.15, 0.2) is 85.1 Å². The Morgan fingerprint density at radius 1 is 0.554 bits per heavy atom. The van der Waals surface area contributed by atoms with Gasteiger partial charge in [0.05, 0.1) is 13.2 Å². The number of phosphoric ester groups is 1. The van der Waals surface area contributed by atoms with Crippen LogP contribution in [-0.4, -0.2) is 49.3 Å². The summed E-state index contributed by atoms with van der Waals surface area (Å²) < 4.78 is 32.6. The van der Waals surface area contributed by atoms with E-state index in [1.807, 2.05) is 0 Å². The fourth-order valence-electron chi connectivity index (χ4n) is 5.38. The smallest absolute Gasteiger partial charge is 0.462 e. The Hall–Kier alpha value is -2.81. The van der Waals surface area contributed by atoms with Crippen molar-refractivity contribution in [3.8, 4) is 0 Å². The number of hydrogen-bond acceptors (Lipinski definition) is 8. The van der Waals surface area contributed by atoms with Crippen molar-refractivity contribution < 1.29 is 37.6 Å². The first kappa shape index (κ1) is 53.2. The Balaban J connectivity index is 4.12. The Morgan fingerprint density at radius 3 is 1.46 bits per heavy atom. The van der Waals surface area contributed by atoms with Crippen molar-refractivity contribution in [3.05, 3.63) is 85.1 Å². The van der Waals surface area contributed by atoms with Gasteiger partial charge in [0.25, 0.3) is 0 Å². The van der Waals surface area contributed by atoms with Gasteiger partial charge >= 0.3 is 19.8 Å². The first-order valence-corrected chi connectivity index (χ1v) is 23.1. The van der Waals surface area contributed by atoms with E-state index >= 15 is 0 Å². The molecule has 9 nitrogen and oxygen atoms in total. The second-order valence-electron chi connectivity index (χ2n) is 13.8. The van der Waals surface area contributed by atoms with Crippen LogP contribution >= 0.6 is 7.82 Å². The zero-order valence-corrected chi connectivity index (χ0v) is 36.0. The fraction of sp³-hybridized carbons (Fsp3) is 0.652. The summed E-state index contributed by atoms with van der Waals surface area (Å²) in [6.07, 6.45) is 52.0. The van der Waals surface area contributed by atoms with Crippen LogP contribution in [0, 0.1) is 0 Å². The predicted molar refractivity (Wildman–Crippen MR) is 233 cm³/mol. The molecule has 320 valence electrons. The molecule has 0 aromatic rings. The molecule has 0 aromatic heterocycles. The molecule has 0 saturated heterocycles. The number of hydrogen-bond donors (Lipinski definition) is 2. The highest BCUT2D eigenvalue weighted by atomic mass is 31.2. The molecule has 0 fully saturated rings. The minimum atomic E-state index is -4.38. The first-order valence-electron chi connectivity index (χ1n) is 21.6. The second kappa shape index (κ2) is 41.8. The summed E-state index contributed by atoms with van der Waals surface area (Å²) in [5, 5.41) is 0. The second-order valence-corrected chi connectivity index (χ2v) is 15.3. The Bertz CT molecular complexity index is 1190. The summed E-state index contributed by atoms with van der Waals surface area (Å²) in [4.78, 5) is 34.7. The molecule has 0 rings (SSSR count). The van der Waals surface area contributed by atoms with Crippen molar-refractivity contribution in [2.24, 2.45) is 5.73 Å². The SMILES string of the molecule is CC/C=C\C/C=C\C/C=C\C/C=C\C/C=C\C/C=C\C/C=C\CCCCCCCC(=O)OC(COC(=O)CCCCCCCCCC)COP(=O)(O)OCCN. The van der Waals surface area contributed by atoms with E-state index in [4.69, 9.17) is 24.3 Å². The molecule has 0 heterocycles. The van der Waals surface area contributed by atoms with E-state index in [1.54, 1.807) is 0 Å². The number of nitrogens with two attached hydrogens (primary N) is 1. The summed E-state index contributed by atoms with van der Waals surface area (Å²) in [7, 11) is -4.38. The van der Waals surface area contributed by atoms with Gasteiger partial charge in [0, 0.05) is 19.4 Å². The number of allylic oxidation sites excluding steroid dienone is 14. The van der Waals surface area contributed by atoms with Crippen LogP contribution in [0.1, 0.15) is 162 Å². The standard InChI is InChI=1S/C46H78NO8P/c1-3-5-7-9-11-13-14-15-16-17-18-19-20-21-22-23-24-25-26-27-28-29-30-31-33-35-37-39-46(49)55-44(43-54-56(50,51)53-41-40-47)42-52-45(48)38-36-34-32-12-10-8-6-4-2/h5,7,11,13,15-16,18-19,21-22,24-25,27-28,44H,3-4,6,8-10,12,14,17,20,23,26,29-43,47H2,1-2H3,(H,50,51)/b7-5-,13-11-,16-15-,19-18-,22-21-,25-24-,28-27-. The van der Waals surface area contributed by atoms with Gasteiger partial charge in [0.2, 0.25) is 0 Å². The average molecular weight is 804 g/mol. The highest BCUT2D eigenvalue weighted by molar-refractivity contribution is 7.47. The number of esters is 2. The van der Waals surface area contributed by atoms with Crippen molar-refractivity contribution in [1.29, 1.82) is 0 Å². The lowest BCUT2D eigenvalue weighted by molar-refractivity contribution is -0.161. The van der Waals surface area contributed by atoms with E-state index in [9.17, 15) is 19.0 Å². The van der Waals surface area contributed by atoms with Crippen molar-refractivity contribution in [2.75, 3.05) is 26.4 Å². The molecule has 2 atom stereocenters. The number of carbonyl (C=O) groups is 2. The molecule has 0 aromatic carbocycles. The van der Waals surface area contributed by atoms with Crippen LogP contribution in [-0.2, 0) is 32.7 Å². The number of carbonyl (C=O) groups excluding carboxylic acids is 2. The largest absolute Gasteiger partial charge is 0.472 e. The molecule has 0 radical (unpaired) electrons. The third-order valence-electron chi connectivity index (χ3n) is 8.55. The van der Waals surface area contributed by atoms with E-state index in [0.717, 1.165) is 96.3 Å². The predicted octanol–water partition coefficient (Wildman–Crippen LogP) is 12.4. The van der Waals surface area contributed by atoms with Crippen LogP contribution in [0.2, 0.25) is 0 Å². The van der Waals surface area contributed by atoms with E-state index in [-0.39, 0.29) is 32.6 Å². The summed E-state index contributed by atoms with van der Waals surface area (Å²) in [5.41, 5.74) is 5.33. The van der Waals surface area contributed by atoms with Crippen LogP contribution in [0.5, 0.6) is 0 Å². The summed E-state index contributed by atoms with van der Waals surface area (Å²) in [6, 6.07) is 0. The van der Waals surface area contributed by atoms with Gasteiger partial charge in [-0.15, -0.1) is 0 Å². The van der Waals surface area contributed by atoms with Crippen molar-refractivity contribution in [2.45, 2.75) is 168 Å². The van der Waals surface area contributed by atoms with Gasteiger partial charge < -0.3 is 20.1 Å². The van der Waals surface area contributed by atoms with Gasteiger partial charge in [0.15, 0.2) is 6.10 Å². The maximum Gasteiger partial charge on any atom is 0.472 e. The maximum absolute atomic E-state index is 12.6. The normalized spacial score (nSPS) is 14.1. The minimum Gasteiger partial charge on any atom is -0.462 e. The lowest BCUT2D eigenvalue weighted by Crippen LogP contribution is -2.29. The Labute approximate surface area is 341 Å². The molecule has 2 unspecified atom stereocenters. The average Bonchev–Trinajstić information content (AvgIpc) is 3.18. The number of phosphoric acid groups is 1. The molecular formula is C46H78NO8P. The molecular weight excluding hydrogens is 725 g/mol. The van der Waals surface area contributed by atoms with Gasteiger partial charge in [-0.2, -0.15) is 0 Å². The van der Waals surface area contributed by atoms with E-state index in [1.165, 1.54) is 32.1 Å². The van der Waals surface area contributed by atoms with E-state index in [2.05, 4.69) is 98.9 Å². The van der Waals surface area contributed by atoms with Gasteiger partial charge in [-0.25, -0.2) is 4.57 Å². The fourth-order valence-corrected chi connectivity index (χ4v) is 6.14. The number of unbranched alkanes of at least 4 members (excludes halogenated alkanes) is 12. The third-order valence-corrected chi connectivity index (χ3v) is 9.53. The summed E-state index contributed by atoms with van der Waals surface area (Å²) in [5.74, 6) is -0.863. The summed E-state index contributed by atoms with van der Waals surface area (Å²) in [6.45, 7) is 3.53. The monoisotopic (exact) mass is 804 g/mol. The van der Waals surface area contributed by atoms with Crippen molar-refractivity contribution in [1.82, 2.24) is 0 Å². The van der Waals surface area contributed by atoms with Gasteiger partial charge in [0.1, 0.15) is 6.61 Å². The topological polar surface area (TPSA) is 134 Å². The van der Waals surface area contributed by atoms with Crippen LogP contribution in [0.4, 0.5) is 0 Å². The van der Waals surface area contributed by atoms with Crippen molar-refractivity contribution >= 4 is 19.8 Å². The van der Waals surface area contributed by atoms with E-state index < -0.39 is 32.5 Å². The first-order chi connectivity index (χ1) is 27.3. The molecule has 0 aliphatic carbocycles. The zero-order valence-electron chi connectivity index (χ0n) is 35.1. The molecule has 0 amide bonds. The highest BCUT2D eigenvalue weighted by Gasteiger charge is 2.26. The van der Waals surface area contributed by atoms with Crippen LogP contribution in [0.25, 0.3) is 0 Å². The van der Waals surface area contributed by atoms with Gasteiger partial charge in [-0.05, 0) is 70.6 Å². The van der Waals surface area contributed by atoms with E-state index in [0.29, 0.717) is 6.42 Å². The third kappa shape index (κ3) is 40.8. The molecule has 10 heteroatoms. The molecule has 0 saturated carbocycles. The van der Waals surface area contributed by atoms with Gasteiger partial charge in [-0.3, -0.25) is 18.6 Å². The highest BCUT2D eigenvalue weighted by Crippen LogP contribution is 2.43. The minimum absolute atomic E-state index is 0.0461. The lowest BCUT2D eigenvalue weighted by atomic mass is 10.1. The van der Waals surface area contributed by atoms with Crippen molar-refractivity contribution in [3.63, 3.8) is 0 Å². The Kier molecular flexibility index (Phi) is 39.7. The summed E-state index contributed by atoms with van der Waals surface area (Å²) >= 11 is 0. The zero-order chi connectivity index (χ0) is 41.1. The molecule has 0 aliphatic rings. The lowest BCUT2D eigenvalue weighted by Gasteiger charge is -2.19. The maximum atomic E-state index is 12.6. The van der Waals surface area contributed by atoms with Gasteiger partial charge in [-0.1, -0.05) is 163 Å².